The second kappa shape index (κ2) is 3.38. The van der Waals surface area contributed by atoms with Crippen molar-refractivity contribution in [2.24, 2.45) is 0 Å². The lowest BCUT2D eigenvalue weighted by molar-refractivity contribution is -0.119. The van der Waals surface area contributed by atoms with E-state index in [4.69, 9.17) is 0 Å². The first kappa shape index (κ1) is 8.77. The van der Waals surface area contributed by atoms with Crippen LogP contribution in [0.2, 0.25) is 0 Å². The van der Waals surface area contributed by atoms with Gasteiger partial charge in [-0.3, -0.25) is 4.79 Å². The molecule has 0 radical (unpaired) electrons. The Hall–Kier alpha value is -1.32. The van der Waals surface area contributed by atoms with E-state index >= 15 is 0 Å². The van der Waals surface area contributed by atoms with Crippen molar-refractivity contribution in [2.45, 2.75) is 27.3 Å². The van der Waals surface area contributed by atoms with E-state index in [2.05, 4.69) is 15.3 Å². The zero-order valence-electron chi connectivity index (χ0n) is 7.56. The van der Waals surface area contributed by atoms with Crippen molar-refractivity contribution >= 4 is 5.91 Å². The molecule has 0 saturated carbocycles. The normalized spacial score (nSPS) is 9.92. The molecule has 0 fully saturated rings. The van der Waals surface area contributed by atoms with Gasteiger partial charge < -0.3 is 10.3 Å². The van der Waals surface area contributed by atoms with Gasteiger partial charge in [0, 0.05) is 6.92 Å². The molecule has 1 rings (SSSR count). The lowest BCUT2D eigenvalue weighted by Crippen LogP contribution is -2.19. The fraction of sp³-hybridized carbons (Fsp3) is 0.500. The van der Waals surface area contributed by atoms with Gasteiger partial charge >= 0.3 is 0 Å². The maximum atomic E-state index is 10.6. The molecule has 1 aromatic heterocycles. The highest BCUT2D eigenvalue weighted by Crippen LogP contribution is 2.02. The number of carbonyl (C=O) groups is 1. The average Bonchev–Trinajstić information content (AvgIpc) is 2.26. The summed E-state index contributed by atoms with van der Waals surface area (Å²) in [5, 5.41) is 2.71. The summed E-state index contributed by atoms with van der Waals surface area (Å²) in [5.41, 5.74) is 1.92. The molecule has 0 spiro atoms. The molecule has 0 saturated heterocycles. The molecular weight excluding hydrogens is 154 g/mol. The van der Waals surface area contributed by atoms with Crippen LogP contribution in [0.25, 0.3) is 0 Å². The number of imidazole rings is 1. The highest BCUT2D eigenvalue weighted by molar-refractivity contribution is 5.72. The largest absolute Gasteiger partial charge is 0.351 e. The van der Waals surface area contributed by atoms with Crippen LogP contribution < -0.4 is 5.32 Å². The summed E-state index contributed by atoms with van der Waals surface area (Å²) in [6.45, 7) is 5.84. The second-order valence-electron chi connectivity index (χ2n) is 2.80. The molecule has 0 aliphatic heterocycles. The van der Waals surface area contributed by atoms with Crippen LogP contribution in [-0.2, 0) is 11.3 Å². The van der Waals surface area contributed by atoms with Gasteiger partial charge in [-0.1, -0.05) is 0 Å². The molecule has 0 aromatic carbocycles. The van der Waals surface area contributed by atoms with Gasteiger partial charge in [0.2, 0.25) is 5.91 Å². The molecule has 4 nitrogen and oxygen atoms in total. The number of hydrogen-bond acceptors (Lipinski definition) is 2. The standard InChI is InChI=1S/C8H13N3O/c1-5-8(4-9-7(3)12)11-6(2)10-5/h4H2,1-3H3,(H,9,12)(H,10,11). The van der Waals surface area contributed by atoms with Crippen LogP contribution >= 0.6 is 0 Å². The number of hydrogen-bond donors (Lipinski definition) is 2. The minimum Gasteiger partial charge on any atom is -0.351 e. The van der Waals surface area contributed by atoms with Crippen LogP contribution in [0, 0.1) is 13.8 Å². The summed E-state index contributed by atoms with van der Waals surface area (Å²) in [4.78, 5) is 17.8. The highest BCUT2D eigenvalue weighted by atomic mass is 16.1. The molecular formula is C8H13N3O. The quantitative estimate of drug-likeness (QED) is 0.680. The average molecular weight is 167 g/mol. The third kappa shape index (κ3) is 2.08. The van der Waals surface area contributed by atoms with Gasteiger partial charge in [0.25, 0.3) is 0 Å². The third-order valence-corrected chi connectivity index (χ3v) is 1.62. The van der Waals surface area contributed by atoms with E-state index in [0.717, 1.165) is 17.2 Å². The van der Waals surface area contributed by atoms with E-state index in [-0.39, 0.29) is 5.91 Å². The lowest BCUT2D eigenvalue weighted by Gasteiger charge is -1.99. The SMILES string of the molecule is CC(=O)NCc1[nH]c(C)nc1C. The molecule has 1 heterocycles. The Balaban J connectivity index is 2.62. The molecule has 0 atom stereocenters. The minimum absolute atomic E-state index is 0.0262. The fourth-order valence-corrected chi connectivity index (χ4v) is 1.04. The smallest absolute Gasteiger partial charge is 0.217 e. The first-order valence-corrected chi connectivity index (χ1v) is 3.86. The predicted molar refractivity (Wildman–Crippen MR) is 45.6 cm³/mol. The summed E-state index contributed by atoms with van der Waals surface area (Å²) < 4.78 is 0. The Morgan fingerprint density at radius 3 is 2.67 bits per heavy atom. The maximum Gasteiger partial charge on any atom is 0.217 e. The van der Waals surface area contributed by atoms with Gasteiger partial charge in [-0.25, -0.2) is 4.98 Å². The number of amides is 1. The van der Waals surface area contributed by atoms with Crippen molar-refractivity contribution in [3.63, 3.8) is 0 Å². The molecule has 0 bridgehead atoms. The van der Waals surface area contributed by atoms with Crippen LogP contribution in [0.5, 0.6) is 0 Å². The number of carbonyl (C=O) groups excluding carboxylic acids is 1. The van der Waals surface area contributed by atoms with Gasteiger partial charge in [-0.2, -0.15) is 0 Å². The van der Waals surface area contributed by atoms with Gasteiger partial charge in [0.05, 0.1) is 17.9 Å². The Morgan fingerprint density at radius 2 is 2.25 bits per heavy atom. The number of aromatic amines is 1. The van der Waals surface area contributed by atoms with E-state index in [9.17, 15) is 4.79 Å². The number of aryl methyl sites for hydroxylation is 2. The number of nitrogens with one attached hydrogen (secondary N) is 2. The second-order valence-corrected chi connectivity index (χ2v) is 2.80. The van der Waals surface area contributed by atoms with Crippen LogP contribution in [0.3, 0.4) is 0 Å². The first-order chi connectivity index (χ1) is 5.59. The number of H-pyrrole nitrogens is 1. The van der Waals surface area contributed by atoms with Gasteiger partial charge in [-0.15, -0.1) is 0 Å². The summed E-state index contributed by atoms with van der Waals surface area (Å²) in [6.07, 6.45) is 0. The number of aromatic nitrogens is 2. The zero-order valence-corrected chi connectivity index (χ0v) is 7.56. The Bertz CT molecular complexity index is 290. The molecule has 0 unspecified atom stereocenters. The monoisotopic (exact) mass is 167 g/mol. The summed E-state index contributed by atoms with van der Waals surface area (Å²) in [5.74, 6) is 0.856. The van der Waals surface area contributed by atoms with Gasteiger partial charge in [0.1, 0.15) is 5.82 Å². The summed E-state index contributed by atoms with van der Waals surface area (Å²) in [7, 11) is 0. The molecule has 1 aromatic rings. The Kier molecular flexibility index (Phi) is 2.47. The lowest BCUT2D eigenvalue weighted by atomic mass is 10.3. The van der Waals surface area contributed by atoms with Crippen LogP contribution in [0.4, 0.5) is 0 Å². The van der Waals surface area contributed by atoms with Crippen molar-refractivity contribution < 1.29 is 4.79 Å². The molecule has 66 valence electrons. The van der Waals surface area contributed by atoms with E-state index in [0.29, 0.717) is 6.54 Å². The molecule has 0 aliphatic rings. The van der Waals surface area contributed by atoms with Crippen LogP contribution in [-0.4, -0.2) is 15.9 Å². The predicted octanol–water partition coefficient (Wildman–Crippen LogP) is 0.663. The van der Waals surface area contributed by atoms with Gasteiger partial charge in [-0.05, 0) is 13.8 Å². The van der Waals surface area contributed by atoms with Crippen LogP contribution in [0.15, 0.2) is 0 Å². The molecule has 1 amide bonds. The molecule has 12 heavy (non-hydrogen) atoms. The van der Waals surface area contributed by atoms with E-state index < -0.39 is 0 Å². The summed E-state index contributed by atoms with van der Waals surface area (Å²) in [6, 6.07) is 0. The van der Waals surface area contributed by atoms with Crippen molar-refractivity contribution in [3.8, 4) is 0 Å². The highest BCUT2D eigenvalue weighted by Gasteiger charge is 2.02. The Labute approximate surface area is 71.4 Å². The maximum absolute atomic E-state index is 10.6. The fourth-order valence-electron chi connectivity index (χ4n) is 1.04. The van der Waals surface area contributed by atoms with Crippen molar-refractivity contribution in [2.75, 3.05) is 0 Å². The van der Waals surface area contributed by atoms with E-state index in [1.165, 1.54) is 6.92 Å². The molecule has 0 aliphatic carbocycles. The minimum atomic E-state index is -0.0262. The van der Waals surface area contributed by atoms with Crippen molar-refractivity contribution in [1.82, 2.24) is 15.3 Å². The van der Waals surface area contributed by atoms with Gasteiger partial charge in [0.15, 0.2) is 0 Å². The summed E-state index contributed by atoms with van der Waals surface area (Å²) >= 11 is 0. The molecule has 4 heteroatoms. The number of nitrogens with zero attached hydrogens (tertiary/aromatic N) is 1. The number of rotatable bonds is 2. The third-order valence-electron chi connectivity index (χ3n) is 1.62. The van der Waals surface area contributed by atoms with Crippen LogP contribution in [0.1, 0.15) is 24.1 Å². The van der Waals surface area contributed by atoms with Crippen molar-refractivity contribution in [3.05, 3.63) is 17.2 Å². The first-order valence-electron chi connectivity index (χ1n) is 3.86. The zero-order chi connectivity index (χ0) is 9.14. The Morgan fingerprint density at radius 1 is 1.58 bits per heavy atom. The van der Waals surface area contributed by atoms with E-state index in [1.54, 1.807) is 0 Å². The van der Waals surface area contributed by atoms with E-state index in [1.807, 2.05) is 13.8 Å². The molecule has 2 N–H and O–H groups in total. The van der Waals surface area contributed by atoms with Crippen molar-refractivity contribution in [1.29, 1.82) is 0 Å². The topological polar surface area (TPSA) is 57.8 Å².